The highest BCUT2D eigenvalue weighted by molar-refractivity contribution is 7.09. The lowest BCUT2D eigenvalue weighted by Crippen LogP contribution is -1.98. The van der Waals surface area contributed by atoms with E-state index in [1.807, 2.05) is 35.7 Å². The second kappa shape index (κ2) is 4.24. The zero-order chi connectivity index (χ0) is 11.7. The fraction of sp³-hybridized carbons (Fsp3) is 0.0769. The maximum atomic E-state index is 10.2. The number of aromatic nitrogens is 2. The average molecular weight is 242 g/mol. The van der Waals surface area contributed by atoms with Crippen molar-refractivity contribution in [3.05, 3.63) is 58.7 Å². The third-order valence-corrected chi connectivity index (χ3v) is 3.46. The molecule has 0 aliphatic rings. The fourth-order valence-electron chi connectivity index (χ4n) is 1.77. The molecule has 3 nitrogen and oxygen atoms in total. The summed E-state index contributed by atoms with van der Waals surface area (Å²) in [6.07, 6.45) is 2.78. The van der Waals surface area contributed by atoms with Gasteiger partial charge in [-0.25, -0.2) is 4.98 Å². The zero-order valence-corrected chi connectivity index (χ0v) is 9.76. The highest BCUT2D eigenvalue weighted by atomic mass is 32.1. The Bertz CT molecular complexity index is 637. The van der Waals surface area contributed by atoms with Crippen molar-refractivity contribution in [2.45, 2.75) is 6.10 Å². The molecule has 2 heterocycles. The Hall–Kier alpha value is -1.78. The summed E-state index contributed by atoms with van der Waals surface area (Å²) in [6.45, 7) is 0. The van der Waals surface area contributed by atoms with Crippen LogP contribution in [-0.2, 0) is 0 Å². The fourth-order valence-corrected chi connectivity index (χ4v) is 2.41. The third-order valence-electron chi connectivity index (χ3n) is 2.63. The normalized spacial score (nSPS) is 12.8. The SMILES string of the molecule is OC(c1ccc2cccnc2c1)c1nccs1. The highest BCUT2D eigenvalue weighted by Gasteiger charge is 2.13. The van der Waals surface area contributed by atoms with E-state index in [1.165, 1.54) is 11.3 Å². The zero-order valence-electron chi connectivity index (χ0n) is 8.95. The smallest absolute Gasteiger partial charge is 0.131 e. The molecule has 0 aliphatic heterocycles. The number of pyridine rings is 1. The number of benzene rings is 1. The van der Waals surface area contributed by atoms with Crippen molar-refractivity contribution in [2.75, 3.05) is 0 Å². The van der Waals surface area contributed by atoms with Gasteiger partial charge in [-0.3, -0.25) is 4.98 Å². The molecule has 2 aromatic heterocycles. The minimum absolute atomic E-state index is 0.665. The van der Waals surface area contributed by atoms with Gasteiger partial charge in [0.25, 0.3) is 0 Å². The topological polar surface area (TPSA) is 46.0 Å². The Morgan fingerprint density at radius 3 is 2.88 bits per heavy atom. The van der Waals surface area contributed by atoms with Crippen LogP contribution in [0.2, 0.25) is 0 Å². The van der Waals surface area contributed by atoms with Gasteiger partial charge in [-0.1, -0.05) is 18.2 Å². The van der Waals surface area contributed by atoms with Crippen molar-refractivity contribution >= 4 is 22.2 Å². The van der Waals surface area contributed by atoms with Gasteiger partial charge in [-0.2, -0.15) is 0 Å². The number of fused-ring (bicyclic) bond motifs is 1. The summed E-state index contributed by atoms with van der Waals surface area (Å²) in [5.41, 5.74) is 1.71. The molecule has 84 valence electrons. The Kier molecular flexibility index (Phi) is 2.59. The van der Waals surface area contributed by atoms with Gasteiger partial charge in [0, 0.05) is 23.2 Å². The van der Waals surface area contributed by atoms with E-state index in [2.05, 4.69) is 9.97 Å². The van der Waals surface area contributed by atoms with Gasteiger partial charge in [0.2, 0.25) is 0 Å². The van der Waals surface area contributed by atoms with Gasteiger partial charge < -0.3 is 5.11 Å². The first-order valence-corrected chi connectivity index (χ1v) is 6.15. The average Bonchev–Trinajstić information content (AvgIpc) is 2.91. The molecule has 1 N–H and O–H groups in total. The molecule has 0 saturated heterocycles. The van der Waals surface area contributed by atoms with Crippen LogP contribution >= 0.6 is 11.3 Å². The van der Waals surface area contributed by atoms with E-state index in [9.17, 15) is 5.11 Å². The summed E-state index contributed by atoms with van der Waals surface area (Å²) in [7, 11) is 0. The molecule has 1 aromatic carbocycles. The molecule has 0 amide bonds. The number of hydrogen-bond donors (Lipinski definition) is 1. The summed E-state index contributed by atoms with van der Waals surface area (Å²) in [5.74, 6) is 0. The van der Waals surface area contributed by atoms with Crippen LogP contribution in [0.15, 0.2) is 48.1 Å². The molecule has 3 rings (SSSR count). The first-order valence-electron chi connectivity index (χ1n) is 5.27. The van der Waals surface area contributed by atoms with E-state index in [4.69, 9.17) is 0 Å². The van der Waals surface area contributed by atoms with Crippen LogP contribution in [0.4, 0.5) is 0 Å². The van der Waals surface area contributed by atoms with E-state index in [1.54, 1.807) is 12.4 Å². The molecule has 1 unspecified atom stereocenters. The van der Waals surface area contributed by atoms with Crippen molar-refractivity contribution in [2.24, 2.45) is 0 Å². The molecule has 0 spiro atoms. The van der Waals surface area contributed by atoms with Crippen molar-refractivity contribution in [3.63, 3.8) is 0 Å². The van der Waals surface area contributed by atoms with Crippen molar-refractivity contribution in [1.29, 1.82) is 0 Å². The third kappa shape index (κ3) is 1.92. The first kappa shape index (κ1) is 10.4. The van der Waals surface area contributed by atoms with E-state index < -0.39 is 6.10 Å². The molecule has 0 aliphatic carbocycles. The minimum Gasteiger partial charge on any atom is -0.381 e. The predicted molar refractivity (Wildman–Crippen MR) is 67.9 cm³/mol. The highest BCUT2D eigenvalue weighted by Crippen LogP contribution is 2.25. The standard InChI is InChI=1S/C13H10N2OS/c16-12(13-15-6-7-17-13)10-4-3-9-2-1-5-14-11(9)8-10/h1-8,12,16H. The summed E-state index contributed by atoms with van der Waals surface area (Å²) >= 11 is 1.45. The maximum absolute atomic E-state index is 10.2. The predicted octanol–water partition coefficient (Wildman–Crippen LogP) is 2.77. The molecular weight excluding hydrogens is 232 g/mol. The Morgan fingerprint density at radius 2 is 2.06 bits per heavy atom. The lowest BCUT2D eigenvalue weighted by atomic mass is 10.1. The number of hydrogen-bond acceptors (Lipinski definition) is 4. The summed E-state index contributed by atoms with van der Waals surface area (Å²) in [6, 6.07) is 9.69. The summed E-state index contributed by atoms with van der Waals surface area (Å²) < 4.78 is 0. The van der Waals surface area contributed by atoms with Crippen molar-refractivity contribution < 1.29 is 5.11 Å². The van der Waals surface area contributed by atoms with E-state index in [0.717, 1.165) is 16.5 Å². The monoisotopic (exact) mass is 242 g/mol. The van der Waals surface area contributed by atoms with Gasteiger partial charge in [-0.15, -0.1) is 11.3 Å². The lowest BCUT2D eigenvalue weighted by molar-refractivity contribution is 0.220. The van der Waals surface area contributed by atoms with Crippen LogP contribution in [0, 0.1) is 0 Å². The maximum Gasteiger partial charge on any atom is 0.131 e. The molecular formula is C13H10N2OS. The molecule has 0 bridgehead atoms. The molecule has 0 saturated carbocycles. The van der Waals surface area contributed by atoms with E-state index >= 15 is 0 Å². The molecule has 0 radical (unpaired) electrons. The molecule has 17 heavy (non-hydrogen) atoms. The first-order chi connectivity index (χ1) is 8.34. The molecule has 1 atom stereocenters. The molecule has 0 fully saturated rings. The Morgan fingerprint density at radius 1 is 1.12 bits per heavy atom. The minimum atomic E-state index is -0.665. The van der Waals surface area contributed by atoms with Crippen LogP contribution in [0.1, 0.15) is 16.7 Å². The van der Waals surface area contributed by atoms with Crippen molar-refractivity contribution in [1.82, 2.24) is 9.97 Å². The molecule has 3 aromatic rings. The van der Waals surface area contributed by atoms with Gasteiger partial charge >= 0.3 is 0 Å². The van der Waals surface area contributed by atoms with Gasteiger partial charge in [-0.05, 0) is 17.7 Å². The Labute approximate surface area is 102 Å². The second-order valence-electron chi connectivity index (χ2n) is 3.73. The molecule has 4 heteroatoms. The largest absolute Gasteiger partial charge is 0.381 e. The van der Waals surface area contributed by atoms with Crippen molar-refractivity contribution in [3.8, 4) is 0 Å². The van der Waals surface area contributed by atoms with E-state index in [0.29, 0.717) is 5.01 Å². The lowest BCUT2D eigenvalue weighted by Gasteiger charge is -2.08. The number of aliphatic hydroxyl groups is 1. The number of aliphatic hydroxyl groups excluding tert-OH is 1. The van der Waals surface area contributed by atoms with Gasteiger partial charge in [0.15, 0.2) is 0 Å². The summed E-state index contributed by atoms with van der Waals surface area (Å²) in [4.78, 5) is 8.40. The van der Waals surface area contributed by atoms with Crippen LogP contribution in [0.5, 0.6) is 0 Å². The van der Waals surface area contributed by atoms with Gasteiger partial charge in [0.05, 0.1) is 5.52 Å². The number of thiazole rings is 1. The van der Waals surface area contributed by atoms with E-state index in [-0.39, 0.29) is 0 Å². The van der Waals surface area contributed by atoms with Crippen LogP contribution in [-0.4, -0.2) is 15.1 Å². The van der Waals surface area contributed by atoms with Crippen LogP contribution in [0.25, 0.3) is 10.9 Å². The second-order valence-corrected chi connectivity index (χ2v) is 4.65. The number of nitrogens with zero attached hydrogens (tertiary/aromatic N) is 2. The van der Waals surface area contributed by atoms with Gasteiger partial charge in [0.1, 0.15) is 11.1 Å². The Balaban J connectivity index is 2.06. The quantitative estimate of drug-likeness (QED) is 0.751. The van der Waals surface area contributed by atoms with Crippen LogP contribution < -0.4 is 0 Å². The van der Waals surface area contributed by atoms with Crippen LogP contribution in [0.3, 0.4) is 0 Å². The number of rotatable bonds is 2. The summed E-state index contributed by atoms with van der Waals surface area (Å²) in [5, 5.41) is 13.8.